The Morgan fingerprint density at radius 1 is 0.919 bits per heavy atom. The second-order valence-corrected chi connectivity index (χ2v) is 9.23. The third-order valence-corrected chi connectivity index (χ3v) is 6.82. The third-order valence-electron chi connectivity index (χ3n) is 6.82. The highest BCUT2D eigenvalue weighted by Crippen LogP contribution is 2.44. The molecule has 196 valence electrons. The SMILES string of the molecule is O=C(CCCCCNC(=O)OCC1c2ccccc2-c2ccccc21)NNC(=O)[C@H]1CCCN1C(=O)O. The Morgan fingerprint density at radius 2 is 1.59 bits per heavy atom. The minimum Gasteiger partial charge on any atom is -0.465 e. The molecular weight excluding hydrogens is 476 g/mol. The Morgan fingerprint density at radius 3 is 2.27 bits per heavy atom. The van der Waals surface area contributed by atoms with Crippen LogP contribution in [0.4, 0.5) is 9.59 Å². The quantitative estimate of drug-likeness (QED) is 0.303. The molecule has 2 aromatic rings. The van der Waals surface area contributed by atoms with E-state index in [-0.39, 0.29) is 24.9 Å². The Bertz CT molecular complexity index is 1110. The van der Waals surface area contributed by atoms with Crippen molar-refractivity contribution >= 4 is 24.0 Å². The van der Waals surface area contributed by atoms with Gasteiger partial charge in [0.15, 0.2) is 0 Å². The van der Waals surface area contributed by atoms with Crippen LogP contribution in [0.2, 0.25) is 0 Å². The highest BCUT2D eigenvalue weighted by molar-refractivity contribution is 5.88. The summed E-state index contributed by atoms with van der Waals surface area (Å²) in [6, 6.07) is 15.6. The van der Waals surface area contributed by atoms with Gasteiger partial charge in [0.25, 0.3) is 5.91 Å². The number of hydrogen-bond acceptors (Lipinski definition) is 5. The summed E-state index contributed by atoms with van der Waals surface area (Å²) in [4.78, 5) is 48.5. The molecule has 0 bridgehead atoms. The normalized spacial score (nSPS) is 16.0. The van der Waals surface area contributed by atoms with Crippen molar-refractivity contribution in [1.82, 2.24) is 21.1 Å². The predicted octanol–water partition coefficient (Wildman–Crippen LogP) is 3.38. The van der Waals surface area contributed by atoms with Crippen molar-refractivity contribution in [3.05, 3.63) is 59.7 Å². The number of hydrogen-bond donors (Lipinski definition) is 4. The van der Waals surface area contributed by atoms with Crippen molar-refractivity contribution in [3.8, 4) is 11.1 Å². The fraction of sp³-hybridized carbons (Fsp3) is 0.407. The van der Waals surface area contributed by atoms with Gasteiger partial charge in [-0.15, -0.1) is 0 Å². The summed E-state index contributed by atoms with van der Waals surface area (Å²) >= 11 is 0. The molecule has 1 aliphatic heterocycles. The van der Waals surface area contributed by atoms with Gasteiger partial charge in [0.1, 0.15) is 12.6 Å². The second kappa shape index (κ2) is 12.2. The highest BCUT2D eigenvalue weighted by Gasteiger charge is 2.34. The molecule has 0 aromatic heterocycles. The van der Waals surface area contributed by atoms with E-state index in [0.717, 1.165) is 16.0 Å². The molecule has 4 rings (SSSR count). The van der Waals surface area contributed by atoms with E-state index in [4.69, 9.17) is 9.84 Å². The summed E-state index contributed by atoms with van der Waals surface area (Å²) in [6.45, 7) is 1.00. The molecule has 1 saturated heterocycles. The Kier molecular flexibility index (Phi) is 8.60. The van der Waals surface area contributed by atoms with Gasteiger partial charge in [-0.1, -0.05) is 55.0 Å². The highest BCUT2D eigenvalue weighted by atomic mass is 16.5. The molecule has 4 N–H and O–H groups in total. The minimum atomic E-state index is -1.14. The van der Waals surface area contributed by atoms with Crippen molar-refractivity contribution in [1.29, 1.82) is 0 Å². The molecule has 4 amide bonds. The van der Waals surface area contributed by atoms with Crippen LogP contribution in [-0.2, 0) is 14.3 Å². The number of carbonyl (C=O) groups is 4. The first-order chi connectivity index (χ1) is 18.0. The van der Waals surface area contributed by atoms with Crippen LogP contribution >= 0.6 is 0 Å². The lowest BCUT2D eigenvalue weighted by Gasteiger charge is -2.20. The number of benzene rings is 2. The molecule has 0 radical (unpaired) electrons. The summed E-state index contributed by atoms with van der Waals surface area (Å²) < 4.78 is 5.51. The number of likely N-dealkylation sites (tertiary alicyclic amines) is 1. The zero-order chi connectivity index (χ0) is 26.2. The molecular formula is C27H32N4O6. The van der Waals surface area contributed by atoms with Crippen molar-refractivity contribution < 1.29 is 29.0 Å². The summed E-state index contributed by atoms with van der Waals surface area (Å²) in [5.41, 5.74) is 9.32. The van der Waals surface area contributed by atoms with Gasteiger partial charge in [0.2, 0.25) is 5.91 Å². The predicted molar refractivity (Wildman–Crippen MR) is 136 cm³/mol. The third kappa shape index (κ3) is 6.38. The van der Waals surface area contributed by atoms with Crippen molar-refractivity contribution in [2.45, 2.75) is 50.5 Å². The molecule has 2 aromatic carbocycles. The van der Waals surface area contributed by atoms with Crippen molar-refractivity contribution in [2.75, 3.05) is 19.7 Å². The first-order valence-electron chi connectivity index (χ1n) is 12.6. The molecule has 10 heteroatoms. The van der Waals surface area contributed by atoms with Gasteiger partial charge in [-0.25, -0.2) is 9.59 Å². The number of nitrogens with zero attached hydrogens (tertiary/aromatic N) is 1. The monoisotopic (exact) mass is 508 g/mol. The number of fused-ring (bicyclic) bond motifs is 3. The summed E-state index contributed by atoms with van der Waals surface area (Å²) in [5.74, 6) is -0.865. The molecule has 2 aliphatic rings. The summed E-state index contributed by atoms with van der Waals surface area (Å²) in [7, 11) is 0. The largest absolute Gasteiger partial charge is 0.465 e. The lowest BCUT2D eigenvalue weighted by atomic mass is 9.98. The summed E-state index contributed by atoms with van der Waals surface area (Å²) in [5, 5.41) is 11.9. The van der Waals surface area contributed by atoms with Crippen molar-refractivity contribution in [3.63, 3.8) is 0 Å². The molecule has 1 heterocycles. The van der Waals surface area contributed by atoms with Crippen LogP contribution in [0.5, 0.6) is 0 Å². The van der Waals surface area contributed by atoms with Gasteiger partial charge in [-0.2, -0.15) is 0 Å². The van der Waals surface area contributed by atoms with Gasteiger partial charge in [-0.3, -0.25) is 25.3 Å². The molecule has 1 aliphatic carbocycles. The van der Waals surface area contributed by atoms with Crippen LogP contribution in [0, 0.1) is 0 Å². The van der Waals surface area contributed by atoms with Gasteiger partial charge >= 0.3 is 12.2 Å². The average Bonchev–Trinajstić information content (AvgIpc) is 3.52. The Balaban J connectivity index is 1.08. The van der Waals surface area contributed by atoms with Crippen LogP contribution in [0.15, 0.2) is 48.5 Å². The standard InChI is InChI=1S/C27H32N4O6/c32-24(29-30-25(33)23-13-8-16-31(23)27(35)36)14-2-1-7-15-28-26(34)37-17-22-20-11-5-3-9-18(20)19-10-4-6-12-21(19)22/h3-6,9-12,22-23H,1-2,7-8,13-17H2,(H,28,34)(H,29,32)(H,30,33)(H,35,36)/t23-/m1/s1. The van der Waals surface area contributed by atoms with E-state index in [9.17, 15) is 19.2 Å². The van der Waals surface area contributed by atoms with Crippen molar-refractivity contribution in [2.24, 2.45) is 0 Å². The lowest BCUT2D eigenvalue weighted by Crippen LogP contribution is -2.51. The fourth-order valence-corrected chi connectivity index (χ4v) is 4.97. The van der Waals surface area contributed by atoms with Gasteiger partial charge in [0, 0.05) is 25.4 Å². The molecule has 10 nitrogen and oxygen atoms in total. The molecule has 0 unspecified atom stereocenters. The smallest absolute Gasteiger partial charge is 0.407 e. The molecule has 0 saturated carbocycles. The summed E-state index contributed by atoms with van der Waals surface area (Å²) in [6.07, 6.45) is 1.62. The van der Waals surface area contributed by atoms with E-state index in [2.05, 4.69) is 40.4 Å². The Labute approximate surface area is 215 Å². The van der Waals surface area contributed by atoms with E-state index >= 15 is 0 Å². The number of rotatable bonds is 9. The second-order valence-electron chi connectivity index (χ2n) is 9.23. The number of hydrazine groups is 1. The zero-order valence-corrected chi connectivity index (χ0v) is 20.6. The number of carboxylic acid groups (broad SMARTS) is 1. The number of alkyl carbamates (subject to hydrolysis) is 1. The van der Waals surface area contributed by atoms with E-state index in [1.807, 2.05) is 24.3 Å². The number of nitrogens with one attached hydrogen (secondary N) is 3. The Hall–Kier alpha value is -4.08. The maximum atomic E-state index is 12.2. The molecule has 1 fully saturated rings. The average molecular weight is 509 g/mol. The van der Waals surface area contributed by atoms with Gasteiger partial charge in [0.05, 0.1) is 0 Å². The number of unbranched alkanes of at least 4 members (excludes halogenated alkanes) is 2. The fourth-order valence-electron chi connectivity index (χ4n) is 4.97. The van der Waals surface area contributed by atoms with Gasteiger partial charge in [-0.05, 0) is 47.9 Å². The van der Waals surface area contributed by atoms with Crippen LogP contribution in [0.1, 0.15) is 55.6 Å². The van der Waals surface area contributed by atoms with Gasteiger partial charge < -0.3 is 15.2 Å². The van der Waals surface area contributed by atoms with E-state index in [0.29, 0.717) is 45.2 Å². The van der Waals surface area contributed by atoms with E-state index < -0.39 is 24.1 Å². The number of ether oxygens (including phenoxy) is 1. The van der Waals surface area contributed by atoms with E-state index in [1.165, 1.54) is 11.1 Å². The van der Waals surface area contributed by atoms with E-state index in [1.54, 1.807) is 0 Å². The first-order valence-corrected chi connectivity index (χ1v) is 12.6. The van der Waals surface area contributed by atoms with Crippen LogP contribution in [0.25, 0.3) is 11.1 Å². The van der Waals surface area contributed by atoms with Crippen LogP contribution in [0.3, 0.4) is 0 Å². The lowest BCUT2D eigenvalue weighted by molar-refractivity contribution is -0.131. The van der Waals surface area contributed by atoms with Crippen LogP contribution < -0.4 is 16.2 Å². The topological polar surface area (TPSA) is 137 Å². The minimum absolute atomic E-state index is 0.0121. The first kappa shape index (κ1) is 26.0. The number of amides is 4. The maximum Gasteiger partial charge on any atom is 0.407 e. The molecule has 0 spiro atoms. The zero-order valence-electron chi connectivity index (χ0n) is 20.6. The maximum absolute atomic E-state index is 12.2. The number of carbonyl (C=O) groups excluding carboxylic acids is 3. The molecule has 37 heavy (non-hydrogen) atoms. The molecule has 1 atom stereocenters. The van der Waals surface area contributed by atoms with Crippen LogP contribution in [-0.4, -0.2) is 59.7 Å².